The molecule has 1 aromatic carbocycles. The fourth-order valence-corrected chi connectivity index (χ4v) is 3.32. The number of rotatable bonds is 2. The topological polar surface area (TPSA) is 89.5 Å². The molecule has 6 heteroatoms. The summed E-state index contributed by atoms with van der Waals surface area (Å²) in [6.07, 6.45) is 4.18. The number of fused-ring (bicyclic) bond motifs is 1. The first-order chi connectivity index (χ1) is 10.1. The SMILES string of the molecule is NC1CCC(C(=O)N2CCc3cc([N+](=O)[O-])ccc32)CC1. The molecule has 2 aliphatic rings. The molecule has 0 radical (unpaired) electrons. The highest BCUT2D eigenvalue weighted by Crippen LogP contribution is 2.34. The van der Waals surface area contributed by atoms with E-state index in [1.807, 2.05) is 0 Å². The van der Waals surface area contributed by atoms with Crippen LogP contribution in [-0.4, -0.2) is 23.4 Å². The molecule has 0 bridgehead atoms. The molecular formula is C15H19N3O3. The Kier molecular flexibility index (Phi) is 3.63. The summed E-state index contributed by atoms with van der Waals surface area (Å²) in [6.45, 7) is 0.623. The Labute approximate surface area is 123 Å². The van der Waals surface area contributed by atoms with Crippen LogP contribution in [0.3, 0.4) is 0 Å². The first-order valence-electron chi connectivity index (χ1n) is 7.40. The minimum absolute atomic E-state index is 0.0472. The fraction of sp³-hybridized carbons (Fsp3) is 0.533. The maximum Gasteiger partial charge on any atom is 0.269 e. The lowest BCUT2D eigenvalue weighted by Gasteiger charge is -2.29. The van der Waals surface area contributed by atoms with Crippen molar-refractivity contribution in [1.29, 1.82) is 0 Å². The zero-order chi connectivity index (χ0) is 15.0. The van der Waals surface area contributed by atoms with Crippen LogP contribution in [0.4, 0.5) is 11.4 Å². The van der Waals surface area contributed by atoms with E-state index in [1.165, 1.54) is 6.07 Å². The summed E-state index contributed by atoms with van der Waals surface area (Å²) in [5.41, 5.74) is 7.70. The van der Waals surface area contributed by atoms with Crippen LogP contribution in [0.1, 0.15) is 31.2 Å². The monoisotopic (exact) mass is 289 g/mol. The van der Waals surface area contributed by atoms with E-state index >= 15 is 0 Å². The summed E-state index contributed by atoms with van der Waals surface area (Å²) in [4.78, 5) is 24.8. The van der Waals surface area contributed by atoms with Crippen molar-refractivity contribution >= 4 is 17.3 Å². The van der Waals surface area contributed by atoms with Gasteiger partial charge in [-0.3, -0.25) is 14.9 Å². The van der Waals surface area contributed by atoms with Gasteiger partial charge in [0.2, 0.25) is 5.91 Å². The number of nitrogens with zero attached hydrogens (tertiary/aromatic N) is 2. The maximum absolute atomic E-state index is 12.6. The number of hydrogen-bond donors (Lipinski definition) is 1. The maximum atomic E-state index is 12.6. The van der Waals surface area contributed by atoms with Crippen molar-refractivity contribution in [1.82, 2.24) is 0 Å². The van der Waals surface area contributed by atoms with Gasteiger partial charge >= 0.3 is 0 Å². The zero-order valence-corrected chi connectivity index (χ0v) is 11.8. The summed E-state index contributed by atoms with van der Waals surface area (Å²) in [7, 11) is 0. The predicted molar refractivity (Wildman–Crippen MR) is 79.1 cm³/mol. The van der Waals surface area contributed by atoms with E-state index in [0.717, 1.165) is 36.9 Å². The van der Waals surface area contributed by atoms with Crippen LogP contribution in [0.15, 0.2) is 18.2 Å². The van der Waals surface area contributed by atoms with Crippen molar-refractivity contribution in [2.24, 2.45) is 11.7 Å². The van der Waals surface area contributed by atoms with Crippen molar-refractivity contribution in [2.45, 2.75) is 38.1 Å². The van der Waals surface area contributed by atoms with E-state index in [-0.39, 0.29) is 23.6 Å². The first-order valence-corrected chi connectivity index (χ1v) is 7.40. The molecule has 1 heterocycles. The normalized spacial score (nSPS) is 24.7. The minimum atomic E-state index is -0.396. The van der Waals surface area contributed by atoms with Gasteiger partial charge in [0, 0.05) is 36.3 Å². The molecule has 1 saturated carbocycles. The van der Waals surface area contributed by atoms with Crippen molar-refractivity contribution in [3.05, 3.63) is 33.9 Å². The molecule has 21 heavy (non-hydrogen) atoms. The lowest BCUT2D eigenvalue weighted by molar-refractivity contribution is -0.384. The van der Waals surface area contributed by atoms with Crippen molar-refractivity contribution in [3.8, 4) is 0 Å². The number of amides is 1. The van der Waals surface area contributed by atoms with Crippen molar-refractivity contribution in [3.63, 3.8) is 0 Å². The smallest absolute Gasteiger partial charge is 0.269 e. The molecular weight excluding hydrogens is 270 g/mol. The largest absolute Gasteiger partial charge is 0.328 e. The number of carbonyl (C=O) groups is 1. The molecule has 6 nitrogen and oxygen atoms in total. The highest BCUT2D eigenvalue weighted by atomic mass is 16.6. The Balaban J connectivity index is 1.78. The Bertz CT molecular complexity index is 580. The average Bonchev–Trinajstić information content (AvgIpc) is 2.90. The van der Waals surface area contributed by atoms with Crippen molar-refractivity contribution < 1.29 is 9.72 Å². The standard InChI is InChI=1S/C15H19N3O3/c16-12-3-1-10(2-4-12)15(19)17-8-7-11-9-13(18(20)21)5-6-14(11)17/h5-6,9-10,12H,1-4,7-8,16H2. The Morgan fingerprint density at radius 3 is 2.67 bits per heavy atom. The molecule has 1 aromatic rings. The summed E-state index contributed by atoms with van der Waals surface area (Å²) < 4.78 is 0. The summed E-state index contributed by atoms with van der Waals surface area (Å²) in [5, 5.41) is 10.8. The number of anilines is 1. The van der Waals surface area contributed by atoms with Crippen LogP contribution < -0.4 is 10.6 Å². The molecule has 112 valence electrons. The Hall–Kier alpha value is -1.95. The number of hydrogen-bond acceptors (Lipinski definition) is 4. The molecule has 1 aliphatic carbocycles. The third-order valence-electron chi connectivity index (χ3n) is 4.56. The van der Waals surface area contributed by atoms with Gasteiger partial charge < -0.3 is 10.6 Å². The van der Waals surface area contributed by atoms with Gasteiger partial charge in [-0.05, 0) is 43.7 Å². The fourth-order valence-electron chi connectivity index (χ4n) is 3.32. The van der Waals surface area contributed by atoms with Crippen LogP contribution in [0.2, 0.25) is 0 Å². The molecule has 0 saturated heterocycles. The molecule has 0 atom stereocenters. The minimum Gasteiger partial charge on any atom is -0.328 e. The van der Waals surface area contributed by atoms with Crippen LogP contribution in [0.25, 0.3) is 0 Å². The lowest BCUT2D eigenvalue weighted by Crippen LogP contribution is -2.38. The third kappa shape index (κ3) is 2.63. The Morgan fingerprint density at radius 2 is 2.00 bits per heavy atom. The number of carbonyl (C=O) groups excluding carboxylic acids is 1. The van der Waals surface area contributed by atoms with Crippen LogP contribution in [0, 0.1) is 16.0 Å². The second-order valence-corrected chi connectivity index (χ2v) is 5.92. The van der Waals surface area contributed by atoms with E-state index < -0.39 is 4.92 Å². The Morgan fingerprint density at radius 1 is 1.29 bits per heavy atom. The van der Waals surface area contributed by atoms with E-state index in [0.29, 0.717) is 13.0 Å². The number of benzene rings is 1. The van der Waals surface area contributed by atoms with E-state index in [9.17, 15) is 14.9 Å². The second-order valence-electron chi connectivity index (χ2n) is 5.92. The quantitative estimate of drug-likeness (QED) is 0.666. The van der Waals surface area contributed by atoms with E-state index in [2.05, 4.69) is 0 Å². The van der Waals surface area contributed by atoms with Gasteiger partial charge in [-0.2, -0.15) is 0 Å². The van der Waals surface area contributed by atoms with Crippen LogP contribution >= 0.6 is 0 Å². The predicted octanol–water partition coefficient (Wildman–Crippen LogP) is 2.00. The summed E-state index contributed by atoms with van der Waals surface area (Å²) >= 11 is 0. The van der Waals surface area contributed by atoms with Gasteiger partial charge in [-0.1, -0.05) is 0 Å². The molecule has 1 aliphatic heterocycles. The molecule has 3 rings (SSSR count). The van der Waals surface area contributed by atoms with Gasteiger partial charge in [-0.25, -0.2) is 0 Å². The lowest BCUT2D eigenvalue weighted by atomic mass is 9.85. The highest BCUT2D eigenvalue weighted by molar-refractivity contribution is 5.97. The summed E-state index contributed by atoms with van der Waals surface area (Å²) in [5.74, 6) is 0.195. The molecule has 1 fully saturated rings. The zero-order valence-electron chi connectivity index (χ0n) is 11.8. The molecule has 0 spiro atoms. The number of nitro groups is 1. The molecule has 0 unspecified atom stereocenters. The molecule has 0 aromatic heterocycles. The van der Waals surface area contributed by atoms with Gasteiger partial charge in [0.25, 0.3) is 5.69 Å². The van der Waals surface area contributed by atoms with Crippen LogP contribution in [0.5, 0.6) is 0 Å². The van der Waals surface area contributed by atoms with E-state index in [1.54, 1.807) is 17.0 Å². The van der Waals surface area contributed by atoms with Gasteiger partial charge in [0.05, 0.1) is 4.92 Å². The van der Waals surface area contributed by atoms with E-state index in [4.69, 9.17) is 5.73 Å². The highest BCUT2D eigenvalue weighted by Gasteiger charge is 2.32. The van der Waals surface area contributed by atoms with Gasteiger partial charge in [0.15, 0.2) is 0 Å². The number of nitrogens with two attached hydrogens (primary N) is 1. The van der Waals surface area contributed by atoms with Gasteiger partial charge in [-0.15, -0.1) is 0 Å². The van der Waals surface area contributed by atoms with Gasteiger partial charge in [0.1, 0.15) is 0 Å². The first kappa shape index (κ1) is 14.0. The van der Waals surface area contributed by atoms with Crippen molar-refractivity contribution in [2.75, 3.05) is 11.4 Å². The number of non-ortho nitro benzene ring substituents is 1. The molecule has 2 N–H and O–H groups in total. The summed E-state index contributed by atoms with van der Waals surface area (Å²) in [6, 6.07) is 4.98. The molecule has 1 amide bonds. The van der Waals surface area contributed by atoms with Crippen LogP contribution in [-0.2, 0) is 11.2 Å². The average molecular weight is 289 g/mol. The number of nitro benzene ring substituents is 1. The second kappa shape index (κ2) is 5.44. The third-order valence-corrected chi connectivity index (χ3v) is 4.56.